The number of aryl methyl sites for hydroxylation is 2. The van der Waals surface area contributed by atoms with Crippen LogP contribution in [0.5, 0.6) is 5.75 Å². The van der Waals surface area contributed by atoms with Crippen LogP contribution in [0.25, 0.3) is 10.2 Å². The summed E-state index contributed by atoms with van der Waals surface area (Å²) in [5.41, 5.74) is -0.696. The number of carbonyl (C=O) groups is 1. The van der Waals surface area contributed by atoms with E-state index in [0.29, 0.717) is 34.6 Å². The molecule has 2 aromatic heterocycles. The minimum atomic E-state index is -4.56. The molecule has 1 N–H and O–H groups in total. The van der Waals surface area contributed by atoms with Crippen molar-refractivity contribution in [3.8, 4) is 5.75 Å². The molecule has 0 radical (unpaired) electrons. The minimum absolute atomic E-state index is 0.0827. The van der Waals surface area contributed by atoms with Gasteiger partial charge in [0.2, 0.25) is 0 Å². The first-order valence-electron chi connectivity index (χ1n) is 9.39. The van der Waals surface area contributed by atoms with Gasteiger partial charge in [-0.25, -0.2) is 4.98 Å². The fourth-order valence-electron chi connectivity index (χ4n) is 3.56. The van der Waals surface area contributed by atoms with E-state index in [9.17, 15) is 22.8 Å². The number of ether oxygens (including phenoxy) is 1. The molecule has 6 nitrogen and oxygen atoms in total. The Morgan fingerprint density at radius 3 is 2.83 bits per heavy atom. The normalized spacial score (nSPS) is 13.5. The maximum Gasteiger partial charge on any atom is 0.416 e. The number of alkyl halides is 3. The van der Waals surface area contributed by atoms with Gasteiger partial charge in [-0.3, -0.25) is 14.2 Å². The van der Waals surface area contributed by atoms with Crippen LogP contribution in [0.3, 0.4) is 0 Å². The van der Waals surface area contributed by atoms with E-state index >= 15 is 0 Å². The van der Waals surface area contributed by atoms with Crippen molar-refractivity contribution in [1.29, 1.82) is 0 Å². The average Bonchev–Trinajstić information content (AvgIpc) is 3.27. The van der Waals surface area contributed by atoms with Gasteiger partial charge in [-0.1, -0.05) is 0 Å². The van der Waals surface area contributed by atoms with Crippen molar-refractivity contribution in [2.75, 3.05) is 11.9 Å². The summed E-state index contributed by atoms with van der Waals surface area (Å²) in [6.07, 6.45) is -3.01. The van der Waals surface area contributed by atoms with Gasteiger partial charge in [0.1, 0.15) is 16.4 Å². The van der Waals surface area contributed by atoms with Crippen molar-refractivity contribution >= 4 is 33.1 Å². The molecule has 158 valence electrons. The van der Waals surface area contributed by atoms with Crippen LogP contribution in [0.1, 0.15) is 40.0 Å². The molecule has 4 rings (SSSR count). The Morgan fingerprint density at radius 2 is 2.13 bits per heavy atom. The van der Waals surface area contributed by atoms with Gasteiger partial charge in [0.15, 0.2) is 0 Å². The Kier molecular flexibility index (Phi) is 5.05. The fourth-order valence-corrected chi connectivity index (χ4v) is 4.64. The molecule has 0 unspecified atom stereocenters. The summed E-state index contributed by atoms with van der Waals surface area (Å²) in [6.45, 7) is 4.16. The summed E-state index contributed by atoms with van der Waals surface area (Å²) >= 11 is 1.06. The molecular formula is C20H18F3N3O3S. The molecule has 30 heavy (non-hydrogen) atoms. The molecule has 0 atom stereocenters. The first-order valence-corrected chi connectivity index (χ1v) is 10.2. The fraction of sp³-hybridized carbons (Fsp3) is 0.350. The van der Waals surface area contributed by atoms with E-state index in [-0.39, 0.29) is 28.5 Å². The van der Waals surface area contributed by atoms with E-state index in [1.807, 2.05) is 0 Å². The number of rotatable bonds is 4. The predicted molar refractivity (Wildman–Crippen MR) is 108 cm³/mol. The molecule has 1 aliphatic heterocycles. The highest BCUT2D eigenvalue weighted by Crippen LogP contribution is 2.36. The van der Waals surface area contributed by atoms with Crippen molar-refractivity contribution in [2.24, 2.45) is 0 Å². The molecule has 1 aliphatic rings. The van der Waals surface area contributed by atoms with E-state index in [0.717, 1.165) is 29.9 Å². The van der Waals surface area contributed by atoms with Crippen molar-refractivity contribution in [3.05, 3.63) is 50.4 Å². The lowest BCUT2D eigenvalue weighted by atomic mass is 10.1. The molecule has 1 aromatic carbocycles. The third-order valence-electron chi connectivity index (χ3n) is 4.97. The molecule has 0 spiro atoms. The van der Waals surface area contributed by atoms with Crippen molar-refractivity contribution in [3.63, 3.8) is 0 Å². The highest BCUT2D eigenvalue weighted by molar-refractivity contribution is 7.20. The standard InChI is InChI=1S/C20H18F3N3O3S/c1-3-29-13-7-6-11(20(21,22)23)9-12(13)24-17(27)16-10(2)15-18(30-16)25-14-5-4-8-26(14)19(15)28/h6-7,9H,3-5,8H2,1-2H3,(H,24,27). The number of carbonyl (C=O) groups excluding carboxylic acids is 1. The molecule has 0 fully saturated rings. The summed E-state index contributed by atoms with van der Waals surface area (Å²) in [5, 5.41) is 2.89. The van der Waals surface area contributed by atoms with Crippen LogP contribution in [-0.4, -0.2) is 22.1 Å². The molecule has 1 amide bonds. The lowest BCUT2D eigenvalue weighted by Crippen LogP contribution is -2.21. The van der Waals surface area contributed by atoms with Crippen LogP contribution < -0.4 is 15.6 Å². The number of thiophene rings is 1. The number of anilines is 1. The Hall–Kier alpha value is -2.88. The van der Waals surface area contributed by atoms with Crippen molar-refractivity contribution in [2.45, 2.75) is 39.4 Å². The van der Waals surface area contributed by atoms with Gasteiger partial charge in [0.25, 0.3) is 11.5 Å². The molecule has 0 aliphatic carbocycles. The second kappa shape index (κ2) is 7.42. The van der Waals surface area contributed by atoms with Gasteiger partial charge in [-0.15, -0.1) is 11.3 Å². The Bertz CT molecular complexity index is 1210. The first-order chi connectivity index (χ1) is 14.2. The quantitative estimate of drug-likeness (QED) is 0.657. The average molecular weight is 437 g/mol. The number of halogens is 3. The van der Waals surface area contributed by atoms with Crippen LogP contribution in [0, 0.1) is 6.92 Å². The molecule has 0 saturated carbocycles. The van der Waals surface area contributed by atoms with Gasteiger partial charge < -0.3 is 10.1 Å². The van der Waals surface area contributed by atoms with Crippen LogP contribution in [-0.2, 0) is 19.1 Å². The molecular weight excluding hydrogens is 419 g/mol. The van der Waals surface area contributed by atoms with Gasteiger partial charge in [-0.05, 0) is 44.0 Å². The molecule has 3 aromatic rings. The van der Waals surface area contributed by atoms with Gasteiger partial charge in [-0.2, -0.15) is 13.2 Å². The van der Waals surface area contributed by atoms with E-state index in [4.69, 9.17) is 4.74 Å². The van der Waals surface area contributed by atoms with Crippen LogP contribution in [0.15, 0.2) is 23.0 Å². The number of benzene rings is 1. The number of amides is 1. The Morgan fingerprint density at radius 1 is 1.37 bits per heavy atom. The lowest BCUT2D eigenvalue weighted by molar-refractivity contribution is -0.137. The number of nitrogens with one attached hydrogen (secondary N) is 1. The summed E-state index contributed by atoms with van der Waals surface area (Å²) < 4.78 is 46.3. The largest absolute Gasteiger partial charge is 0.492 e. The molecule has 10 heteroatoms. The summed E-state index contributed by atoms with van der Waals surface area (Å²) in [4.78, 5) is 30.9. The Labute approximate surface area is 173 Å². The van der Waals surface area contributed by atoms with E-state index in [2.05, 4.69) is 10.3 Å². The topological polar surface area (TPSA) is 73.2 Å². The van der Waals surface area contributed by atoms with E-state index < -0.39 is 17.6 Å². The number of hydrogen-bond donors (Lipinski definition) is 1. The maximum absolute atomic E-state index is 13.1. The summed E-state index contributed by atoms with van der Waals surface area (Å²) in [7, 11) is 0. The van der Waals surface area contributed by atoms with Crippen LogP contribution in [0.2, 0.25) is 0 Å². The zero-order valence-corrected chi connectivity index (χ0v) is 17.0. The Balaban J connectivity index is 1.74. The summed E-state index contributed by atoms with van der Waals surface area (Å²) in [5.74, 6) is 0.215. The zero-order valence-electron chi connectivity index (χ0n) is 16.2. The first kappa shape index (κ1) is 20.4. The third-order valence-corrected chi connectivity index (χ3v) is 6.16. The highest BCUT2D eigenvalue weighted by Gasteiger charge is 2.32. The van der Waals surface area contributed by atoms with Gasteiger partial charge in [0.05, 0.1) is 28.1 Å². The molecule has 0 bridgehead atoms. The van der Waals surface area contributed by atoms with Crippen molar-refractivity contribution < 1.29 is 22.7 Å². The molecule has 3 heterocycles. The number of fused-ring (bicyclic) bond motifs is 2. The lowest BCUT2D eigenvalue weighted by Gasteiger charge is -2.14. The maximum atomic E-state index is 13.1. The van der Waals surface area contributed by atoms with Crippen molar-refractivity contribution in [1.82, 2.24) is 9.55 Å². The van der Waals surface area contributed by atoms with Gasteiger partial charge >= 0.3 is 6.18 Å². The minimum Gasteiger partial charge on any atom is -0.492 e. The van der Waals surface area contributed by atoms with E-state index in [1.54, 1.807) is 18.4 Å². The third kappa shape index (κ3) is 3.45. The SMILES string of the molecule is CCOc1ccc(C(F)(F)F)cc1NC(=O)c1sc2nc3n(c(=O)c2c1C)CCC3. The highest BCUT2D eigenvalue weighted by atomic mass is 32.1. The van der Waals surface area contributed by atoms with Crippen LogP contribution >= 0.6 is 11.3 Å². The second-order valence-electron chi connectivity index (χ2n) is 6.92. The second-order valence-corrected chi connectivity index (χ2v) is 7.92. The monoisotopic (exact) mass is 437 g/mol. The van der Waals surface area contributed by atoms with Gasteiger partial charge in [0, 0.05) is 13.0 Å². The molecule has 0 saturated heterocycles. The number of nitrogens with zero attached hydrogens (tertiary/aromatic N) is 2. The smallest absolute Gasteiger partial charge is 0.416 e. The number of hydrogen-bond acceptors (Lipinski definition) is 5. The zero-order chi connectivity index (χ0) is 21.6. The van der Waals surface area contributed by atoms with Crippen LogP contribution in [0.4, 0.5) is 18.9 Å². The summed E-state index contributed by atoms with van der Waals surface area (Å²) in [6, 6.07) is 2.92. The number of aromatic nitrogens is 2. The van der Waals surface area contributed by atoms with E-state index in [1.165, 1.54) is 6.07 Å². The predicted octanol–water partition coefficient (Wildman–Crippen LogP) is 4.38.